The van der Waals surface area contributed by atoms with Gasteiger partial charge in [0, 0.05) is 31.3 Å². The largest absolute Gasteiger partial charge is 0.457 e. The minimum absolute atomic E-state index is 0.0347. The van der Waals surface area contributed by atoms with Crippen molar-refractivity contribution < 1.29 is 28.6 Å². The van der Waals surface area contributed by atoms with Crippen LogP contribution in [0.2, 0.25) is 0 Å². The fourth-order valence-electron chi connectivity index (χ4n) is 4.59. The van der Waals surface area contributed by atoms with Crippen molar-refractivity contribution in [3.63, 3.8) is 0 Å². The Hall–Kier alpha value is -3.90. The molecule has 0 aromatic carbocycles. The van der Waals surface area contributed by atoms with Crippen LogP contribution in [0.3, 0.4) is 0 Å². The van der Waals surface area contributed by atoms with Crippen LogP contribution in [0.25, 0.3) is 0 Å². The third-order valence-electron chi connectivity index (χ3n) is 6.59. The molecule has 2 aliphatic heterocycles. The Bertz CT molecular complexity index is 1220. The lowest BCUT2D eigenvalue weighted by molar-refractivity contribution is -0.149. The van der Waals surface area contributed by atoms with E-state index in [9.17, 15) is 19.5 Å². The minimum atomic E-state index is -0.801. The SMILES string of the molecule is C#C[C@H]1Cc2nc(co2)C(=O)N2CCC=C2C(=O)O[C@H](C(C)C)[C@H](C)/C=C/C(=O)NC/C=C/C(C)=C/[C@@H](O)C1. The number of ether oxygens (including phenoxy) is 1. The molecule has 1 aromatic heterocycles. The fourth-order valence-corrected chi connectivity index (χ4v) is 4.59. The molecule has 4 atom stereocenters. The maximum Gasteiger partial charge on any atom is 0.355 e. The van der Waals surface area contributed by atoms with E-state index in [1.807, 2.05) is 27.7 Å². The quantitative estimate of drug-likeness (QED) is 0.418. The normalized spacial score (nSPS) is 28.8. The van der Waals surface area contributed by atoms with Gasteiger partial charge >= 0.3 is 5.97 Å². The predicted octanol–water partition coefficient (Wildman–Crippen LogP) is 3.34. The number of rotatable bonds is 1. The summed E-state index contributed by atoms with van der Waals surface area (Å²) in [4.78, 5) is 44.4. The molecule has 0 aliphatic carbocycles. The van der Waals surface area contributed by atoms with Gasteiger partial charge in [0.15, 0.2) is 11.6 Å². The van der Waals surface area contributed by atoms with E-state index in [-0.39, 0.29) is 53.8 Å². The third kappa shape index (κ3) is 8.29. The van der Waals surface area contributed by atoms with Crippen molar-refractivity contribution in [2.45, 2.75) is 59.2 Å². The van der Waals surface area contributed by atoms with Crippen molar-refractivity contribution in [1.29, 1.82) is 0 Å². The second-order valence-electron chi connectivity index (χ2n) is 10.2. The van der Waals surface area contributed by atoms with Crippen LogP contribution in [0.1, 0.15) is 56.9 Å². The number of nitrogens with one attached hydrogen (secondary N) is 1. The van der Waals surface area contributed by atoms with Crippen molar-refractivity contribution in [2.75, 3.05) is 13.1 Å². The Morgan fingerprint density at radius 2 is 2.03 bits per heavy atom. The Morgan fingerprint density at radius 3 is 2.74 bits per heavy atom. The molecule has 0 spiro atoms. The number of allylic oxidation sites excluding steroid dienone is 2. The first-order valence-electron chi connectivity index (χ1n) is 13.2. The van der Waals surface area contributed by atoms with Crippen LogP contribution in [-0.4, -0.2) is 58.1 Å². The molecule has 208 valence electrons. The lowest BCUT2D eigenvalue weighted by Crippen LogP contribution is -2.36. The number of fused-ring (bicyclic) bond motifs is 3. The summed E-state index contributed by atoms with van der Waals surface area (Å²) in [5, 5.41) is 13.3. The molecular weight excluding hydrogens is 498 g/mol. The molecule has 0 radical (unpaired) electrons. The monoisotopic (exact) mass is 535 g/mol. The molecule has 39 heavy (non-hydrogen) atoms. The zero-order valence-electron chi connectivity index (χ0n) is 22.9. The zero-order valence-corrected chi connectivity index (χ0v) is 22.9. The summed E-state index contributed by atoms with van der Waals surface area (Å²) in [6.45, 7) is 8.19. The summed E-state index contributed by atoms with van der Waals surface area (Å²) in [6.07, 6.45) is 16.7. The first-order chi connectivity index (χ1) is 18.6. The van der Waals surface area contributed by atoms with Crippen molar-refractivity contribution >= 4 is 17.8 Å². The van der Waals surface area contributed by atoms with E-state index in [0.717, 1.165) is 5.57 Å². The number of esters is 1. The van der Waals surface area contributed by atoms with Gasteiger partial charge in [-0.3, -0.25) is 9.59 Å². The number of oxazole rings is 1. The van der Waals surface area contributed by atoms with Gasteiger partial charge in [-0.05, 0) is 31.8 Å². The smallest absolute Gasteiger partial charge is 0.355 e. The Balaban J connectivity index is 1.88. The number of hydrogen-bond donors (Lipinski definition) is 2. The van der Waals surface area contributed by atoms with Crippen LogP contribution in [0, 0.1) is 30.1 Å². The van der Waals surface area contributed by atoms with Crippen LogP contribution >= 0.6 is 0 Å². The maximum atomic E-state index is 13.2. The minimum Gasteiger partial charge on any atom is -0.457 e. The van der Waals surface area contributed by atoms with E-state index in [4.69, 9.17) is 15.6 Å². The van der Waals surface area contributed by atoms with E-state index in [2.05, 4.69) is 16.2 Å². The predicted molar refractivity (Wildman–Crippen MR) is 146 cm³/mol. The number of carbonyl (C=O) groups is 3. The number of nitrogens with zero attached hydrogens (tertiary/aromatic N) is 2. The lowest BCUT2D eigenvalue weighted by atomic mass is 9.94. The number of aliphatic hydroxyl groups excluding tert-OH is 1. The molecule has 2 amide bonds. The van der Waals surface area contributed by atoms with E-state index in [1.54, 1.807) is 30.4 Å². The van der Waals surface area contributed by atoms with Crippen molar-refractivity contribution in [3.05, 3.63) is 65.6 Å². The average molecular weight is 536 g/mol. The Labute approximate surface area is 229 Å². The highest BCUT2D eigenvalue weighted by molar-refractivity contribution is 6.00. The highest BCUT2D eigenvalue weighted by Gasteiger charge is 2.33. The molecule has 1 aromatic rings. The molecule has 2 N–H and O–H groups in total. The lowest BCUT2D eigenvalue weighted by Gasteiger charge is -2.27. The summed E-state index contributed by atoms with van der Waals surface area (Å²) in [5.41, 5.74) is 1.03. The first kappa shape index (κ1) is 29.7. The molecule has 2 aliphatic rings. The van der Waals surface area contributed by atoms with Gasteiger partial charge in [-0.2, -0.15) is 0 Å². The summed E-state index contributed by atoms with van der Waals surface area (Å²) in [6, 6.07) is 0. The number of cyclic esters (lactones) is 1. The molecule has 9 nitrogen and oxygen atoms in total. The third-order valence-corrected chi connectivity index (χ3v) is 6.59. The van der Waals surface area contributed by atoms with Crippen LogP contribution in [-0.2, 0) is 20.7 Å². The standard InChI is InChI=1S/C30H37N3O6/c1-6-22-16-23(34)15-20(4)9-7-13-31-26(35)12-11-21(5)28(19(2)3)39-30(37)25-10-8-14-33(25)29(36)24-18-38-27(17-22)32-24/h1,7,9-12,15,18-19,21-23,28,34H,8,13-14,16-17H2,2-5H3,(H,31,35)/b9-7+,12-11+,20-15+/t21-,22-,23-,28-/m1/s1. The van der Waals surface area contributed by atoms with Crippen molar-refractivity contribution in [1.82, 2.24) is 15.2 Å². The molecule has 0 unspecified atom stereocenters. The number of aliphatic hydroxyl groups is 1. The number of terminal acetylenes is 1. The summed E-state index contributed by atoms with van der Waals surface area (Å²) >= 11 is 0. The van der Waals surface area contributed by atoms with Crippen LogP contribution in [0.4, 0.5) is 0 Å². The number of carbonyl (C=O) groups excluding carboxylic acids is 3. The van der Waals surface area contributed by atoms with Gasteiger partial charge in [-0.15, -0.1) is 12.3 Å². The van der Waals surface area contributed by atoms with Gasteiger partial charge < -0.3 is 24.5 Å². The zero-order chi connectivity index (χ0) is 28.5. The first-order valence-corrected chi connectivity index (χ1v) is 13.2. The molecule has 0 saturated carbocycles. The molecule has 9 heteroatoms. The Morgan fingerprint density at radius 1 is 1.26 bits per heavy atom. The van der Waals surface area contributed by atoms with Gasteiger partial charge in [0.2, 0.25) is 5.91 Å². The molecule has 0 saturated heterocycles. The molecule has 3 heterocycles. The maximum absolute atomic E-state index is 13.2. The second-order valence-corrected chi connectivity index (χ2v) is 10.2. The van der Waals surface area contributed by atoms with Gasteiger partial charge in [0.05, 0.1) is 6.10 Å². The fraction of sp³-hybridized carbons (Fsp3) is 0.467. The van der Waals surface area contributed by atoms with Crippen molar-refractivity contribution in [3.8, 4) is 12.3 Å². The Kier molecular flexibility index (Phi) is 10.5. The molecule has 0 fully saturated rings. The number of hydrogen-bond acceptors (Lipinski definition) is 7. The van der Waals surface area contributed by atoms with E-state index < -0.39 is 24.1 Å². The summed E-state index contributed by atoms with van der Waals surface area (Å²) in [7, 11) is 0. The molecular formula is C30H37N3O6. The molecule has 3 rings (SSSR count). The average Bonchev–Trinajstić information content (AvgIpc) is 3.57. The highest BCUT2D eigenvalue weighted by atomic mass is 16.5. The van der Waals surface area contributed by atoms with Crippen molar-refractivity contribution in [2.24, 2.45) is 17.8 Å². The topological polar surface area (TPSA) is 122 Å². The number of aromatic nitrogens is 1. The number of amides is 2. The van der Waals surface area contributed by atoms with Gasteiger partial charge in [0.25, 0.3) is 5.91 Å². The van der Waals surface area contributed by atoms with E-state index in [0.29, 0.717) is 19.5 Å². The van der Waals surface area contributed by atoms with Gasteiger partial charge in [-0.1, -0.05) is 56.7 Å². The highest BCUT2D eigenvalue weighted by Crippen LogP contribution is 2.25. The van der Waals surface area contributed by atoms with Gasteiger partial charge in [0.1, 0.15) is 18.1 Å². The van der Waals surface area contributed by atoms with Crippen LogP contribution < -0.4 is 5.32 Å². The molecule has 2 bridgehead atoms. The summed E-state index contributed by atoms with van der Waals surface area (Å²) < 4.78 is 11.4. The van der Waals surface area contributed by atoms with Crippen LogP contribution in [0.5, 0.6) is 0 Å². The van der Waals surface area contributed by atoms with Crippen LogP contribution in [0.15, 0.2) is 58.4 Å². The second kappa shape index (κ2) is 13.8. The van der Waals surface area contributed by atoms with E-state index in [1.165, 1.54) is 17.2 Å². The van der Waals surface area contributed by atoms with E-state index >= 15 is 0 Å². The summed E-state index contributed by atoms with van der Waals surface area (Å²) in [5.74, 6) is 0.894. The van der Waals surface area contributed by atoms with Gasteiger partial charge in [-0.25, -0.2) is 9.78 Å².